The van der Waals surface area contributed by atoms with Gasteiger partial charge in [0.1, 0.15) is 11.3 Å². The quantitative estimate of drug-likeness (QED) is 0.492. The van der Waals surface area contributed by atoms with E-state index in [1.54, 1.807) is 24.3 Å². The lowest BCUT2D eigenvalue weighted by Gasteiger charge is -2.14. The van der Waals surface area contributed by atoms with Gasteiger partial charge < -0.3 is 5.11 Å². The Morgan fingerprint density at radius 3 is 2.29 bits per heavy atom. The first-order valence-corrected chi connectivity index (χ1v) is 6.15. The lowest BCUT2D eigenvalue weighted by Crippen LogP contribution is -2.20. The zero-order chi connectivity index (χ0) is 12.4. The summed E-state index contributed by atoms with van der Waals surface area (Å²) in [5.74, 6) is -0.754. The second-order valence-electron chi connectivity index (χ2n) is 3.90. The van der Waals surface area contributed by atoms with Crippen molar-refractivity contribution >= 4 is 33.3 Å². The van der Waals surface area contributed by atoms with Crippen molar-refractivity contribution in [2.24, 2.45) is 0 Å². The molecule has 0 spiro atoms. The van der Waals surface area contributed by atoms with Gasteiger partial charge in [0, 0.05) is 22.9 Å². The summed E-state index contributed by atoms with van der Waals surface area (Å²) in [7, 11) is 0. The summed E-state index contributed by atoms with van der Waals surface area (Å²) in [5.41, 5.74) is 0.425. The molecule has 0 aromatic heterocycles. The topological polar surface area (TPSA) is 54.4 Å². The first-order valence-electron chi connectivity index (χ1n) is 5.36. The first-order chi connectivity index (χ1) is 8.11. The van der Waals surface area contributed by atoms with Crippen LogP contribution in [-0.2, 0) is 9.59 Å². The number of Topliss-reactive ketones (excluding diaryl/α,β-unsaturated/α-hetero) is 2. The van der Waals surface area contributed by atoms with Crippen LogP contribution >= 0.6 is 15.9 Å². The molecule has 0 radical (unpaired) electrons. The number of halogens is 1. The van der Waals surface area contributed by atoms with Crippen LogP contribution in [0.4, 0.5) is 0 Å². The van der Waals surface area contributed by atoms with Crippen molar-refractivity contribution in [1.82, 2.24) is 0 Å². The lowest BCUT2D eigenvalue weighted by molar-refractivity contribution is -0.123. The summed E-state index contributed by atoms with van der Waals surface area (Å²) < 4.78 is 0.663. The average molecular weight is 295 g/mol. The molecule has 17 heavy (non-hydrogen) atoms. The van der Waals surface area contributed by atoms with Gasteiger partial charge in [-0.1, -0.05) is 34.1 Å². The Morgan fingerprint density at radius 2 is 1.71 bits per heavy atom. The molecule has 0 heterocycles. The van der Waals surface area contributed by atoms with Crippen LogP contribution in [0.25, 0.3) is 5.76 Å². The molecule has 1 fully saturated rings. The molecule has 88 valence electrons. The molecule has 4 heteroatoms. The minimum absolute atomic E-state index is 0.0526. The summed E-state index contributed by atoms with van der Waals surface area (Å²) >= 11 is 3.29. The van der Waals surface area contributed by atoms with Gasteiger partial charge in [-0.3, -0.25) is 9.59 Å². The second kappa shape index (κ2) is 4.84. The van der Waals surface area contributed by atoms with Crippen molar-refractivity contribution in [2.45, 2.75) is 19.3 Å². The van der Waals surface area contributed by atoms with E-state index < -0.39 is 0 Å². The zero-order valence-corrected chi connectivity index (χ0v) is 10.7. The van der Waals surface area contributed by atoms with Crippen LogP contribution in [0.1, 0.15) is 24.8 Å². The fourth-order valence-electron chi connectivity index (χ4n) is 1.87. The maximum absolute atomic E-state index is 11.7. The van der Waals surface area contributed by atoms with Gasteiger partial charge in [0.05, 0.1) is 0 Å². The molecular weight excluding hydrogens is 284 g/mol. The fourth-order valence-corrected chi connectivity index (χ4v) is 2.34. The molecule has 1 saturated carbocycles. The van der Waals surface area contributed by atoms with Crippen molar-refractivity contribution in [3.63, 3.8) is 0 Å². The Kier molecular flexibility index (Phi) is 3.43. The van der Waals surface area contributed by atoms with Crippen LogP contribution < -0.4 is 0 Å². The van der Waals surface area contributed by atoms with Crippen molar-refractivity contribution in [2.75, 3.05) is 0 Å². The molecule has 1 aromatic rings. The molecule has 1 N–H and O–H groups in total. The second-order valence-corrected chi connectivity index (χ2v) is 4.76. The molecule has 0 saturated heterocycles. The van der Waals surface area contributed by atoms with Crippen LogP contribution in [-0.4, -0.2) is 16.7 Å². The van der Waals surface area contributed by atoms with E-state index in [1.165, 1.54) is 0 Å². The van der Waals surface area contributed by atoms with Crippen molar-refractivity contribution in [3.05, 3.63) is 39.9 Å². The van der Waals surface area contributed by atoms with E-state index in [0.717, 1.165) is 0 Å². The summed E-state index contributed by atoms with van der Waals surface area (Å²) in [6, 6.07) is 6.97. The van der Waals surface area contributed by atoms with Gasteiger partial charge >= 0.3 is 0 Å². The van der Waals surface area contributed by atoms with E-state index in [4.69, 9.17) is 0 Å². The number of benzene rings is 1. The highest BCUT2D eigenvalue weighted by atomic mass is 79.9. The maximum atomic E-state index is 11.7. The Balaban J connectivity index is 2.54. The van der Waals surface area contributed by atoms with Crippen LogP contribution in [0.5, 0.6) is 0 Å². The Morgan fingerprint density at radius 1 is 1.12 bits per heavy atom. The minimum atomic E-state index is -0.269. The molecule has 2 rings (SSSR count). The summed E-state index contributed by atoms with van der Waals surface area (Å²) in [4.78, 5) is 23.4. The molecule has 0 unspecified atom stereocenters. The summed E-state index contributed by atoms with van der Waals surface area (Å²) in [5, 5.41) is 10.1. The number of aliphatic hydroxyl groups is 1. The fraction of sp³-hybridized carbons (Fsp3) is 0.231. The first kappa shape index (κ1) is 12.0. The van der Waals surface area contributed by atoms with E-state index in [1.807, 2.05) is 0 Å². The Bertz CT molecular complexity index is 499. The number of allylic oxidation sites excluding steroid dienone is 1. The smallest absolute Gasteiger partial charge is 0.170 e. The van der Waals surface area contributed by atoms with E-state index in [-0.39, 0.29) is 22.9 Å². The third kappa shape index (κ3) is 2.31. The molecule has 1 aromatic carbocycles. The highest BCUT2D eigenvalue weighted by Crippen LogP contribution is 2.28. The van der Waals surface area contributed by atoms with E-state index in [0.29, 0.717) is 29.3 Å². The van der Waals surface area contributed by atoms with Gasteiger partial charge in [0.2, 0.25) is 0 Å². The molecular formula is C13H11BrO3. The van der Waals surface area contributed by atoms with Gasteiger partial charge in [0.15, 0.2) is 11.6 Å². The van der Waals surface area contributed by atoms with Gasteiger partial charge in [-0.2, -0.15) is 0 Å². The predicted octanol–water partition coefficient (Wildman–Crippen LogP) is 3.04. The highest BCUT2D eigenvalue weighted by Gasteiger charge is 2.27. The Labute approximate surface area is 107 Å². The minimum Gasteiger partial charge on any atom is -0.506 e. The van der Waals surface area contributed by atoms with Crippen molar-refractivity contribution in [1.29, 1.82) is 0 Å². The molecule has 3 nitrogen and oxygen atoms in total. The average Bonchev–Trinajstić information content (AvgIpc) is 2.29. The number of ketones is 2. The third-order valence-electron chi connectivity index (χ3n) is 2.73. The van der Waals surface area contributed by atoms with Gasteiger partial charge in [-0.05, 0) is 12.5 Å². The standard InChI is InChI=1S/C13H11BrO3/c14-9-5-2-1-4-8(9)13(17)12-10(15)6-3-7-11(12)16/h1-2,4-5,17H,3,6-7H2. The van der Waals surface area contributed by atoms with Gasteiger partial charge in [-0.25, -0.2) is 0 Å². The van der Waals surface area contributed by atoms with Crippen LogP contribution in [0.3, 0.4) is 0 Å². The molecule has 1 aliphatic carbocycles. The normalized spacial score (nSPS) is 16.2. The van der Waals surface area contributed by atoms with Crippen LogP contribution in [0.15, 0.2) is 34.3 Å². The molecule has 1 aliphatic rings. The molecule has 0 atom stereocenters. The van der Waals surface area contributed by atoms with Crippen LogP contribution in [0.2, 0.25) is 0 Å². The largest absolute Gasteiger partial charge is 0.506 e. The monoisotopic (exact) mass is 294 g/mol. The van der Waals surface area contributed by atoms with E-state index >= 15 is 0 Å². The van der Waals surface area contributed by atoms with E-state index in [9.17, 15) is 14.7 Å². The number of rotatable bonds is 1. The summed E-state index contributed by atoms with van der Waals surface area (Å²) in [6.07, 6.45) is 1.23. The van der Waals surface area contributed by atoms with Gasteiger partial charge in [0.25, 0.3) is 0 Å². The zero-order valence-electron chi connectivity index (χ0n) is 9.07. The molecule has 0 amide bonds. The number of carbonyl (C=O) groups excluding carboxylic acids is 2. The number of aliphatic hydroxyl groups excluding tert-OH is 1. The molecule has 0 bridgehead atoms. The summed E-state index contributed by atoms with van der Waals surface area (Å²) in [6.45, 7) is 0. The van der Waals surface area contributed by atoms with E-state index in [2.05, 4.69) is 15.9 Å². The maximum Gasteiger partial charge on any atom is 0.170 e. The highest BCUT2D eigenvalue weighted by molar-refractivity contribution is 9.10. The number of hydrogen-bond acceptors (Lipinski definition) is 3. The predicted molar refractivity (Wildman–Crippen MR) is 67.6 cm³/mol. The van der Waals surface area contributed by atoms with Crippen molar-refractivity contribution < 1.29 is 14.7 Å². The van der Waals surface area contributed by atoms with Crippen molar-refractivity contribution in [3.8, 4) is 0 Å². The van der Waals surface area contributed by atoms with Gasteiger partial charge in [-0.15, -0.1) is 0 Å². The number of hydrogen-bond donors (Lipinski definition) is 1. The third-order valence-corrected chi connectivity index (χ3v) is 3.42. The lowest BCUT2D eigenvalue weighted by atomic mass is 9.90. The SMILES string of the molecule is O=C1CCCC(=O)C1=C(O)c1ccccc1Br. The Hall–Kier alpha value is -1.42. The van der Waals surface area contributed by atoms with Crippen LogP contribution in [0, 0.1) is 0 Å². The number of carbonyl (C=O) groups is 2. The molecule has 0 aliphatic heterocycles.